The van der Waals surface area contributed by atoms with Crippen molar-refractivity contribution in [1.82, 2.24) is 75.1 Å². The number of aliphatic hydroxyl groups is 2. The van der Waals surface area contributed by atoms with Crippen LogP contribution in [0.15, 0.2) is 72.8 Å². The van der Waals surface area contributed by atoms with Crippen molar-refractivity contribution in [2.24, 2.45) is 34.1 Å². The number of nitrogens with one attached hydrogen (secondary N) is 4. The van der Waals surface area contributed by atoms with Crippen LogP contribution in [0.4, 0.5) is 54.3 Å². The molecule has 3 aliphatic heterocycles. The maximum Gasteiger partial charge on any atom is 0.342 e. The molecule has 12 rings (SSSR count). The molecular formula is C80H101F8N17O8. The third-order valence-corrected chi connectivity index (χ3v) is 20.7. The number of amides is 6. The fourth-order valence-corrected chi connectivity index (χ4v) is 13.8. The van der Waals surface area contributed by atoms with Crippen LogP contribution in [0.25, 0.3) is 45.0 Å². The zero-order chi connectivity index (χ0) is 83.0. The van der Waals surface area contributed by atoms with Gasteiger partial charge in [-0.2, -0.15) is 39.1 Å². The lowest BCUT2D eigenvalue weighted by molar-refractivity contribution is -0.121. The Hall–Kier alpha value is -10.2. The maximum absolute atomic E-state index is 13.8. The first-order valence-electron chi connectivity index (χ1n) is 37.6. The maximum atomic E-state index is 13.8. The van der Waals surface area contributed by atoms with Crippen LogP contribution in [0.5, 0.6) is 0 Å². The fraction of sp³-hybridized carbons (Fsp3) is 0.475. The molecule has 6 amide bonds. The first-order chi connectivity index (χ1) is 53.2. The lowest BCUT2D eigenvalue weighted by atomic mass is 9.87. The van der Waals surface area contributed by atoms with Crippen molar-refractivity contribution in [3.8, 4) is 45.0 Å². The van der Waals surface area contributed by atoms with E-state index in [2.05, 4.69) is 56.4 Å². The Labute approximate surface area is 650 Å². The zero-order valence-corrected chi connectivity index (χ0v) is 65.9. The summed E-state index contributed by atoms with van der Waals surface area (Å²) in [6.07, 6.45) is 6.11. The van der Waals surface area contributed by atoms with Gasteiger partial charge in [-0.15, -0.1) is 0 Å². The number of carbonyl (C=O) groups is 6. The van der Waals surface area contributed by atoms with Crippen LogP contribution in [-0.2, 0) is 61.3 Å². The van der Waals surface area contributed by atoms with Crippen LogP contribution >= 0.6 is 0 Å². The molecule has 0 spiro atoms. The second-order valence-electron chi connectivity index (χ2n) is 31.8. The number of benzene rings is 4. The molecule has 25 nitrogen and oxygen atoms in total. The number of hydrogen-bond donors (Lipinski definition) is 8. The van der Waals surface area contributed by atoms with Crippen molar-refractivity contribution in [3.63, 3.8) is 0 Å². The summed E-state index contributed by atoms with van der Waals surface area (Å²) in [5.41, 5.74) is 19.9. The SMILES string of the molecule is CC(C)(C)[C@@H](CO)NC(=O)n1nc(-c2ccc(F)c(F)c2)c2c1CCCC2.CC(C)C[C@H](NC(=O)n1nc(-c2ccc(F)c(F)c2)c2c1CCN(C)C2)C(N)=O.CC[C@H](C)[C@H](NC(=O)n1nc(-c2ccc(F)c(F)c2)c2c1CCN(C)C2)C(N)=O.CN1CCc2c(c(-c3ccc(F)c(F)c3)nn2C(=O)N[C@H](CO)C(C)(C)C)C1. The Balaban J connectivity index is 0.000000173. The lowest BCUT2D eigenvalue weighted by Gasteiger charge is -2.30. The van der Waals surface area contributed by atoms with Gasteiger partial charge >= 0.3 is 24.1 Å². The predicted octanol–water partition coefficient (Wildman–Crippen LogP) is 11.0. The highest BCUT2D eigenvalue weighted by atomic mass is 19.2. The molecule has 0 saturated carbocycles. The standard InChI is InChI=1S/2C20H25F2N5O2.C20H26F2N4O2.C20H25F2N3O2/c1-11(2)8-16(19(23)28)24-20(29)27-17-6-7-26(3)10-13(17)18(25-27)12-4-5-14(21)15(22)9-12;1-4-11(2)17(19(23)28)24-20(29)27-16-7-8-26(3)10-13(16)18(25-27)12-5-6-14(21)15(22)9-12;1-20(2,3)17(11-27)23-19(28)26-16-7-8-25(4)10-13(16)18(24-26)12-5-6-14(21)15(22)9-12;1-20(2,3)17(11-26)23-19(27)25-16-7-5-4-6-13(16)18(24-25)12-8-9-14(21)15(22)10-12/h4-5,9,11,16H,6-8,10H2,1-3H3,(H2,23,28)(H,24,29);5-6,9,11,17H,4,7-8,10H2,1-3H3,(H2,23,28)(H,24,29);5-6,9,17,27H,7-8,10-11H2,1-4H3,(H,23,28);8-10,17,26H,4-7,11H2,1-3H3,(H,23,27)/t16-;11-,17-;2*17-/m0011/s1. The summed E-state index contributed by atoms with van der Waals surface area (Å²) >= 11 is 0. The quantitative estimate of drug-likeness (QED) is 0.0417. The predicted molar refractivity (Wildman–Crippen MR) is 408 cm³/mol. The minimum atomic E-state index is -0.982. The molecule has 5 atom stereocenters. The number of halogens is 8. The third-order valence-electron chi connectivity index (χ3n) is 20.7. The highest BCUT2D eigenvalue weighted by molar-refractivity contribution is 5.89. The number of nitrogens with zero attached hydrogens (tertiary/aromatic N) is 11. The Morgan fingerprint density at radius 2 is 0.735 bits per heavy atom. The van der Waals surface area contributed by atoms with Gasteiger partial charge in [0.05, 0.1) is 70.8 Å². The van der Waals surface area contributed by atoms with E-state index in [4.69, 9.17) is 11.5 Å². The summed E-state index contributed by atoms with van der Waals surface area (Å²) in [6.45, 7) is 22.5. The number of hydrogen-bond acceptors (Lipinski definition) is 15. The molecule has 8 aromatic rings. The van der Waals surface area contributed by atoms with Gasteiger partial charge in [0.25, 0.3) is 0 Å². The topological polar surface area (TPSA) is 324 Å². The molecule has 4 aliphatic rings. The molecule has 7 heterocycles. The van der Waals surface area contributed by atoms with E-state index in [1.165, 1.54) is 43.0 Å². The molecule has 0 unspecified atom stereocenters. The van der Waals surface area contributed by atoms with Crippen molar-refractivity contribution < 1.29 is 74.1 Å². The molecular weight excluding hydrogens is 1480 g/mol. The highest BCUT2D eigenvalue weighted by Gasteiger charge is 2.36. The van der Waals surface area contributed by atoms with Gasteiger partial charge in [0.2, 0.25) is 11.8 Å². The zero-order valence-electron chi connectivity index (χ0n) is 65.9. The van der Waals surface area contributed by atoms with E-state index in [1.54, 1.807) is 0 Å². The monoisotopic (exact) mass is 1580 g/mol. The van der Waals surface area contributed by atoms with Crippen molar-refractivity contribution in [2.75, 3.05) is 54.0 Å². The van der Waals surface area contributed by atoms with E-state index in [0.717, 1.165) is 108 Å². The van der Waals surface area contributed by atoms with E-state index in [0.29, 0.717) is 128 Å². The van der Waals surface area contributed by atoms with Gasteiger partial charge in [-0.25, -0.2) is 54.3 Å². The number of aromatic nitrogens is 8. The van der Waals surface area contributed by atoms with Crippen LogP contribution < -0.4 is 32.7 Å². The number of carbonyl (C=O) groups excluding carboxylic acids is 6. The van der Waals surface area contributed by atoms with Gasteiger partial charge in [0, 0.05) is 103 Å². The second kappa shape index (κ2) is 36.7. The molecule has 0 saturated heterocycles. The van der Waals surface area contributed by atoms with Gasteiger partial charge in [-0.05, 0) is 149 Å². The third kappa shape index (κ3) is 20.6. The number of primary amides is 2. The van der Waals surface area contributed by atoms with E-state index in [-0.39, 0.29) is 35.9 Å². The van der Waals surface area contributed by atoms with Gasteiger partial charge in [-0.1, -0.05) is 75.7 Å². The number of fused-ring (bicyclic) bond motifs is 4. The molecule has 0 radical (unpaired) electrons. The van der Waals surface area contributed by atoms with E-state index in [1.807, 2.05) is 90.4 Å². The van der Waals surface area contributed by atoms with Crippen LogP contribution in [0.1, 0.15) is 140 Å². The molecule has 1 aliphatic carbocycles. The van der Waals surface area contributed by atoms with Crippen molar-refractivity contribution in [2.45, 2.75) is 171 Å². The summed E-state index contributed by atoms with van der Waals surface area (Å²) in [6, 6.07) is 9.84. The minimum Gasteiger partial charge on any atom is -0.394 e. The number of likely N-dealkylation sites (N-methyl/N-ethyl adjacent to an activating group) is 3. The fourth-order valence-electron chi connectivity index (χ4n) is 13.8. The minimum absolute atomic E-state index is 0.139. The molecule has 0 bridgehead atoms. The lowest BCUT2D eigenvalue weighted by Crippen LogP contribution is -2.50. The Morgan fingerprint density at radius 3 is 1.02 bits per heavy atom. The smallest absolute Gasteiger partial charge is 0.342 e. The van der Waals surface area contributed by atoms with Gasteiger partial charge in [-0.3, -0.25) is 9.59 Å². The Morgan fingerprint density at radius 1 is 0.434 bits per heavy atom. The number of aliphatic hydroxyl groups excluding tert-OH is 2. The van der Waals surface area contributed by atoms with E-state index in [9.17, 15) is 74.1 Å². The van der Waals surface area contributed by atoms with Crippen LogP contribution in [0.3, 0.4) is 0 Å². The van der Waals surface area contributed by atoms with Crippen molar-refractivity contribution in [1.29, 1.82) is 0 Å². The highest BCUT2D eigenvalue weighted by Crippen LogP contribution is 2.37. The molecule has 113 heavy (non-hydrogen) atoms. The van der Waals surface area contributed by atoms with Crippen LogP contribution in [0, 0.1) is 69.2 Å². The largest absolute Gasteiger partial charge is 0.394 e. The number of rotatable bonds is 16. The average molecular weight is 1580 g/mol. The molecule has 10 N–H and O–H groups in total. The average Bonchev–Trinajstić information content (AvgIpc) is 1.64. The van der Waals surface area contributed by atoms with Gasteiger partial charge < -0.3 is 57.6 Å². The number of nitrogens with two attached hydrogens (primary N) is 2. The molecule has 33 heteroatoms. The first-order valence-corrected chi connectivity index (χ1v) is 37.6. The van der Waals surface area contributed by atoms with E-state index < -0.39 is 107 Å². The molecule has 610 valence electrons. The molecule has 0 fully saturated rings. The van der Waals surface area contributed by atoms with E-state index >= 15 is 0 Å². The Kier molecular flexibility index (Phi) is 28.2. The first kappa shape index (κ1) is 86.8. The summed E-state index contributed by atoms with van der Waals surface area (Å²) in [5.74, 6) is -8.82. The van der Waals surface area contributed by atoms with Crippen molar-refractivity contribution >= 4 is 35.9 Å². The normalized spacial score (nSPS) is 15.7. The van der Waals surface area contributed by atoms with Gasteiger partial charge in [0.15, 0.2) is 46.5 Å². The summed E-state index contributed by atoms with van der Waals surface area (Å²) in [7, 11) is 5.82. The summed E-state index contributed by atoms with van der Waals surface area (Å²) < 4.78 is 113. The Bertz CT molecular complexity index is 4810. The van der Waals surface area contributed by atoms with Crippen molar-refractivity contribution in [3.05, 3.63) is 164 Å². The van der Waals surface area contributed by atoms with Crippen LogP contribution in [0.2, 0.25) is 0 Å². The van der Waals surface area contributed by atoms with Gasteiger partial charge in [0.1, 0.15) is 12.1 Å². The van der Waals surface area contributed by atoms with Crippen LogP contribution in [-0.4, -0.2) is 178 Å². The summed E-state index contributed by atoms with van der Waals surface area (Å²) in [5, 5.41) is 47.9. The summed E-state index contributed by atoms with van der Waals surface area (Å²) in [4.78, 5) is 81.3. The molecule has 4 aromatic carbocycles. The molecule has 4 aromatic heterocycles. The second-order valence-corrected chi connectivity index (χ2v) is 31.8.